The lowest BCUT2D eigenvalue weighted by Gasteiger charge is -2.31. The zero-order valence-electron chi connectivity index (χ0n) is 12.9. The number of hydrogen-bond acceptors (Lipinski definition) is 5. The van der Waals surface area contributed by atoms with E-state index in [2.05, 4.69) is 6.92 Å². The number of thiophene rings is 1. The van der Waals surface area contributed by atoms with Gasteiger partial charge in [0.15, 0.2) is 0 Å². The molecule has 1 unspecified atom stereocenters. The Morgan fingerprint density at radius 2 is 2.26 bits per heavy atom. The number of likely N-dealkylation sites (tertiary alicyclic amines) is 1. The minimum absolute atomic E-state index is 0.142. The van der Waals surface area contributed by atoms with E-state index in [0.29, 0.717) is 23.9 Å². The Hall–Kier alpha value is -1.60. The van der Waals surface area contributed by atoms with E-state index in [1.807, 2.05) is 17.5 Å². The molecule has 0 radical (unpaired) electrons. The summed E-state index contributed by atoms with van der Waals surface area (Å²) in [5, 5.41) is 1.55. The first-order valence-electron chi connectivity index (χ1n) is 7.61. The molecule has 0 N–H and O–H groups in total. The minimum Gasteiger partial charge on any atom is -0.341 e. The number of carbonyl (C=O) groups excluding carboxylic acids is 3. The molecule has 0 aliphatic carbocycles. The molecule has 2 saturated heterocycles. The maximum absolute atomic E-state index is 12.4. The van der Waals surface area contributed by atoms with Crippen LogP contribution in [0.3, 0.4) is 0 Å². The summed E-state index contributed by atoms with van der Waals surface area (Å²) < 4.78 is 0. The first kappa shape index (κ1) is 16.3. The van der Waals surface area contributed by atoms with E-state index in [1.54, 1.807) is 11.0 Å². The van der Waals surface area contributed by atoms with Gasteiger partial charge in [0.2, 0.25) is 5.91 Å². The highest BCUT2D eigenvalue weighted by Gasteiger charge is 2.37. The fraction of sp³-hybridized carbons (Fsp3) is 0.438. The second-order valence-corrected chi connectivity index (χ2v) is 7.84. The van der Waals surface area contributed by atoms with Crippen molar-refractivity contribution in [3.8, 4) is 0 Å². The summed E-state index contributed by atoms with van der Waals surface area (Å²) in [6.07, 6.45) is 3.81. The Kier molecular flexibility index (Phi) is 4.87. The highest BCUT2D eigenvalue weighted by Crippen LogP contribution is 2.33. The molecule has 2 aliphatic rings. The van der Waals surface area contributed by atoms with Crippen LogP contribution in [0, 0.1) is 5.92 Å². The Morgan fingerprint density at radius 1 is 1.43 bits per heavy atom. The van der Waals surface area contributed by atoms with Crippen LogP contribution in [-0.2, 0) is 9.59 Å². The van der Waals surface area contributed by atoms with E-state index in [1.165, 1.54) is 11.3 Å². The average molecular weight is 350 g/mol. The van der Waals surface area contributed by atoms with E-state index in [-0.39, 0.29) is 23.6 Å². The lowest BCUT2D eigenvalue weighted by Crippen LogP contribution is -2.45. The molecule has 7 heteroatoms. The average Bonchev–Trinajstić information content (AvgIpc) is 3.12. The van der Waals surface area contributed by atoms with Gasteiger partial charge in [-0.05, 0) is 48.0 Å². The lowest BCUT2D eigenvalue weighted by molar-refractivity contribution is -0.137. The van der Waals surface area contributed by atoms with Crippen LogP contribution in [0.25, 0.3) is 6.08 Å². The highest BCUT2D eigenvalue weighted by atomic mass is 32.2. The third-order valence-corrected chi connectivity index (χ3v) is 5.72. The summed E-state index contributed by atoms with van der Waals surface area (Å²) in [7, 11) is 0. The number of piperidine rings is 1. The predicted molar refractivity (Wildman–Crippen MR) is 92.0 cm³/mol. The molecule has 2 aliphatic heterocycles. The summed E-state index contributed by atoms with van der Waals surface area (Å²) in [5.41, 5.74) is 0. The zero-order chi connectivity index (χ0) is 16.4. The maximum Gasteiger partial charge on any atom is 0.294 e. The smallest absolute Gasteiger partial charge is 0.294 e. The molecule has 0 spiro atoms. The number of imide groups is 1. The molecule has 3 amide bonds. The van der Waals surface area contributed by atoms with Crippen molar-refractivity contribution in [3.63, 3.8) is 0 Å². The van der Waals surface area contributed by atoms with Crippen LogP contribution in [0.4, 0.5) is 4.79 Å². The maximum atomic E-state index is 12.4. The minimum atomic E-state index is -0.369. The molecule has 0 aromatic carbocycles. The SMILES string of the molecule is CC1CCCN(C(=O)CN2C(=O)S/C(=C\c3cccs3)C2=O)C1. The molecule has 3 rings (SSSR count). The number of carbonyl (C=O) groups is 3. The van der Waals surface area contributed by atoms with Gasteiger partial charge >= 0.3 is 0 Å². The molecule has 3 heterocycles. The second-order valence-electron chi connectivity index (χ2n) is 5.87. The highest BCUT2D eigenvalue weighted by molar-refractivity contribution is 8.18. The number of hydrogen-bond donors (Lipinski definition) is 0. The van der Waals surface area contributed by atoms with Gasteiger partial charge in [-0.3, -0.25) is 19.3 Å². The topological polar surface area (TPSA) is 57.7 Å². The van der Waals surface area contributed by atoms with Gasteiger partial charge in [0.1, 0.15) is 6.54 Å². The van der Waals surface area contributed by atoms with E-state index in [4.69, 9.17) is 0 Å². The van der Waals surface area contributed by atoms with Gasteiger partial charge in [0.05, 0.1) is 4.91 Å². The van der Waals surface area contributed by atoms with Crippen molar-refractivity contribution in [1.82, 2.24) is 9.80 Å². The molecule has 5 nitrogen and oxygen atoms in total. The Labute approximate surface area is 143 Å². The van der Waals surface area contributed by atoms with Crippen molar-refractivity contribution in [2.24, 2.45) is 5.92 Å². The fourth-order valence-electron chi connectivity index (χ4n) is 2.79. The van der Waals surface area contributed by atoms with E-state index < -0.39 is 0 Å². The summed E-state index contributed by atoms with van der Waals surface area (Å²) in [6, 6.07) is 3.78. The van der Waals surface area contributed by atoms with E-state index in [0.717, 1.165) is 34.4 Å². The van der Waals surface area contributed by atoms with Crippen molar-refractivity contribution in [2.45, 2.75) is 19.8 Å². The van der Waals surface area contributed by atoms with Gasteiger partial charge < -0.3 is 4.90 Å². The van der Waals surface area contributed by atoms with Crippen LogP contribution in [0.5, 0.6) is 0 Å². The third kappa shape index (κ3) is 3.67. The van der Waals surface area contributed by atoms with Crippen LogP contribution in [0.1, 0.15) is 24.6 Å². The first-order valence-corrected chi connectivity index (χ1v) is 9.31. The van der Waals surface area contributed by atoms with Gasteiger partial charge in [-0.1, -0.05) is 13.0 Å². The normalized spacial score (nSPS) is 23.9. The van der Waals surface area contributed by atoms with Crippen LogP contribution in [0.15, 0.2) is 22.4 Å². The van der Waals surface area contributed by atoms with E-state index >= 15 is 0 Å². The van der Waals surface area contributed by atoms with Crippen LogP contribution < -0.4 is 0 Å². The molecular formula is C16H18N2O3S2. The molecular weight excluding hydrogens is 332 g/mol. The molecule has 1 aromatic rings. The van der Waals surface area contributed by atoms with Crippen molar-refractivity contribution < 1.29 is 14.4 Å². The summed E-state index contributed by atoms with van der Waals surface area (Å²) in [6.45, 7) is 3.38. The van der Waals surface area contributed by atoms with Gasteiger partial charge in [-0.2, -0.15) is 0 Å². The van der Waals surface area contributed by atoms with Gasteiger partial charge in [-0.15, -0.1) is 11.3 Å². The third-order valence-electron chi connectivity index (χ3n) is 3.99. The molecule has 1 aromatic heterocycles. The number of thioether (sulfide) groups is 1. The Morgan fingerprint density at radius 3 is 2.96 bits per heavy atom. The summed E-state index contributed by atoms with van der Waals surface area (Å²) in [5.74, 6) is -0.0376. The molecule has 0 saturated carbocycles. The zero-order valence-corrected chi connectivity index (χ0v) is 14.5. The van der Waals surface area contributed by atoms with Crippen LogP contribution in [-0.4, -0.2) is 46.5 Å². The number of amides is 3. The molecule has 1 atom stereocenters. The number of nitrogens with zero attached hydrogens (tertiary/aromatic N) is 2. The lowest BCUT2D eigenvalue weighted by atomic mass is 10.0. The second kappa shape index (κ2) is 6.88. The summed E-state index contributed by atoms with van der Waals surface area (Å²) in [4.78, 5) is 40.9. The van der Waals surface area contributed by atoms with Crippen molar-refractivity contribution in [1.29, 1.82) is 0 Å². The standard InChI is InChI=1S/C16H18N2O3S2/c1-11-4-2-6-17(9-11)14(19)10-18-15(20)13(23-16(18)21)8-12-5-3-7-22-12/h3,5,7-8,11H,2,4,6,9-10H2,1H3/b13-8-. The van der Waals surface area contributed by atoms with E-state index in [9.17, 15) is 14.4 Å². The van der Waals surface area contributed by atoms with Gasteiger partial charge in [0, 0.05) is 18.0 Å². The van der Waals surface area contributed by atoms with Gasteiger partial charge in [0.25, 0.3) is 11.1 Å². The Bertz CT molecular complexity index is 654. The van der Waals surface area contributed by atoms with Crippen LogP contribution >= 0.6 is 23.1 Å². The largest absolute Gasteiger partial charge is 0.341 e. The fourth-order valence-corrected chi connectivity index (χ4v) is 4.35. The van der Waals surface area contributed by atoms with Crippen molar-refractivity contribution in [3.05, 3.63) is 27.3 Å². The Balaban J connectivity index is 1.67. The molecule has 122 valence electrons. The first-order chi connectivity index (χ1) is 11.0. The van der Waals surface area contributed by atoms with Gasteiger partial charge in [-0.25, -0.2) is 0 Å². The van der Waals surface area contributed by atoms with Crippen molar-refractivity contribution >= 4 is 46.2 Å². The quantitative estimate of drug-likeness (QED) is 0.786. The number of rotatable bonds is 3. The van der Waals surface area contributed by atoms with Crippen LogP contribution in [0.2, 0.25) is 0 Å². The molecule has 2 fully saturated rings. The summed E-state index contributed by atoms with van der Waals surface area (Å²) >= 11 is 2.41. The van der Waals surface area contributed by atoms with Crippen molar-refractivity contribution in [2.75, 3.05) is 19.6 Å². The predicted octanol–water partition coefficient (Wildman–Crippen LogP) is 3.04. The monoisotopic (exact) mass is 350 g/mol. The molecule has 0 bridgehead atoms. The molecule has 23 heavy (non-hydrogen) atoms.